The molecule has 0 aliphatic carbocycles. The van der Waals surface area contributed by atoms with Gasteiger partial charge >= 0.3 is 0 Å². The molecule has 0 atom stereocenters. The summed E-state index contributed by atoms with van der Waals surface area (Å²) in [5.74, 6) is 0.791. The van der Waals surface area contributed by atoms with Gasteiger partial charge in [0.1, 0.15) is 16.9 Å². The second kappa shape index (κ2) is 6.17. The van der Waals surface area contributed by atoms with E-state index in [-0.39, 0.29) is 12.1 Å². The van der Waals surface area contributed by atoms with Gasteiger partial charge in [-0.2, -0.15) is 4.98 Å². The lowest BCUT2D eigenvalue weighted by molar-refractivity contribution is 0.145. The van der Waals surface area contributed by atoms with Crippen LogP contribution in [0.2, 0.25) is 0 Å². The second-order valence-electron chi connectivity index (χ2n) is 6.72. The molecule has 1 saturated heterocycles. The van der Waals surface area contributed by atoms with Crippen molar-refractivity contribution in [3.8, 4) is 11.3 Å². The molecule has 8 nitrogen and oxygen atoms in total. The summed E-state index contributed by atoms with van der Waals surface area (Å²) < 4.78 is 5.32. The Kier molecular flexibility index (Phi) is 3.64. The number of aromatic nitrogens is 4. The van der Waals surface area contributed by atoms with Crippen molar-refractivity contribution in [3.63, 3.8) is 0 Å². The van der Waals surface area contributed by atoms with E-state index in [2.05, 4.69) is 14.9 Å². The number of hydrogen-bond donors (Lipinski definition) is 2. The van der Waals surface area contributed by atoms with Crippen LogP contribution < -0.4 is 10.6 Å². The highest BCUT2D eigenvalue weighted by atomic mass is 16.4. The van der Waals surface area contributed by atoms with Gasteiger partial charge in [0.25, 0.3) is 6.01 Å². The predicted molar refractivity (Wildman–Crippen MR) is 102 cm³/mol. The van der Waals surface area contributed by atoms with Crippen LogP contribution in [-0.4, -0.2) is 44.2 Å². The van der Waals surface area contributed by atoms with E-state index in [1.807, 2.05) is 30.3 Å². The summed E-state index contributed by atoms with van der Waals surface area (Å²) in [7, 11) is 0. The molecule has 1 aliphatic heterocycles. The number of hydrogen-bond acceptors (Lipinski definition) is 8. The lowest BCUT2D eigenvalue weighted by Crippen LogP contribution is -2.36. The number of pyridine rings is 1. The number of oxazole rings is 1. The predicted octanol–water partition coefficient (Wildman–Crippen LogP) is 2.38. The molecule has 0 spiro atoms. The molecular weight excluding hydrogens is 344 g/mol. The van der Waals surface area contributed by atoms with Crippen LogP contribution in [0.15, 0.2) is 40.9 Å². The third-order valence-corrected chi connectivity index (χ3v) is 4.88. The van der Waals surface area contributed by atoms with Gasteiger partial charge in [-0.25, -0.2) is 15.0 Å². The highest BCUT2D eigenvalue weighted by Crippen LogP contribution is 2.26. The van der Waals surface area contributed by atoms with Gasteiger partial charge in [0.2, 0.25) is 0 Å². The van der Waals surface area contributed by atoms with Gasteiger partial charge in [-0.1, -0.05) is 0 Å². The first kappa shape index (κ1) is 16.0. The van der Waals surface area contributed by atoms with Crippen LogP contribution in [0, 0.1) is 0 Å². The number of nitrogen functional groups attached to an aromatic ring is 1. The number of benzene rings is 1. The molecule has 0 radical (unpaired) electrons. The molecule has 0 amide bonds. The van der Waals surface area contributed by atoms with E-state index in [1.165, 1.54) is 0 Å². The number of piperidine rings is 1. The fourth-order valence-electron chi connectivity index (χ4n) is 3.40. The van der Waals surface area contributed by atoms with Gasteiger partial charge in [-0.3, -0.25) is 0 Å². The number of aliphatic hydroxyl groups is 1. The Morgan fingerprint density at radius 2 is 1.89 bits per heavy atom. The highest BCUT2D eigenvalue weighted by molar-refractivity contribution is 5.82. The fourth-order valence-corrected chi connectivity index (χ4v) is 3.40. The smallest absolute Gasteiger partial charge is 0.292 e. The maximum Gasteiger partial charge on any atom is 0.292 e. The van der Waals surface area contributed by atoms with Crippen molar-refractivity contribution in [1.82, 2.24) is 19.9 Å². The van der Waals surface area contributed by atoms with Gasteiger partial charge in [-0.05, 0) is 43.2 Å². The summed E-state index contributed by atoms with van der Waals surface area (Å²) in [5, 5.41) is 9.69. The molecule has 1 aromatic carbocycles. The molecule has 8 heteroatoms. The minimum atomic E-state index is -0.222. The first-order chi connectivity index (χ1) is 13.2. The van der Waals surface area contributed by atoms with Gasteiger partial charge in [0, 0.05) is 18.7 Å². The number of nitrogens with two attached hydrogens (primary N) is 1. The molecule has 27 heavy (non-hydrogen) atoms. The normalized spacial score (nSPS) is 15.7. The average molecular weight is 362 g/mol. The quantitative estimate of drug-likeness (QED) is 0.559. The molecule has 136 valence electrons. The largest absolute Gasteiger partial charge is 0.424 e. The van der Waals surface area contributed by atoms with Crippen LogP contribution in [0.25, 0.3) is 33.5 Å². The van der Waals surface area contributed by atoms with Gasteiger partial charge in [0.15, 0.2) is 11.2 Å². The summed E-state index contributed by atoms with van der Waals surface area (Å²) in [4.78, 5) is 20.2. The minimum absolute atomic E-state index is 0.149. The second-order valence-corrected chi connectivity index (χ2v) is 6.72. The number of fused-ring (bicyclic) bond motifs is 2. The van der Waals surface area contributed by atoms with E-state index in [0.29, 0.717) is 16.7 Å². The first-order valence-electron chi connectivity index (χ1n) is 8.89. The number of nitrogens with zero attached hydrogens (tertiary/aromatic N) is 5. The molecular formula is C19H18N6O2. The number of anilines is 2. The maximum atomic E-state index is 9.69. The van der Waals surface area contributed by atoms with Gasteiger partial charge in [-0.15, -0.1) is 0 Å². The van der Waals surface area contributed by atoms with Crippen molar-refractivity contribution in [2.75, 3.05) is 23.7 Å². The summed E-state index contributed by atoms with van der Waals surface area (Å²) in [6.07, 6.45) is 3.04. The van der Waals surface area contributed by atoms with E-state index in [9.17, 15) is 5.11 Å². The molecule has 1 fully saturated rings. The first-order valence-corrected chi connectivity index (χ1v) is 8.89. The van der Waals surface area contributed by atoms with Crippen LogP contribution >= 0.6 is 0 Å². The van der Waals surface area contributed by atoms with Crippen LogP contribution in [0.3, 0.4) is 0 Å². The molecule has 0 saturated carbocycles. The third-order valence-electron chi connectivity index (χ3n) is 4.88. The highest BCUT2D eigenvalue weighted by Gasteiger charge is 2.19. The van der Waals surface area contributed by atoms with E-state index in [1.54, 1.807) is 6.20 Å². The van der Waals surface area contributed by atoms with Crippen LogP contribution in [0.4, 0.5) is 11.8 Å². The molecule has 1 aliphatic rings. The van der Waals surface area contributed by atoms with Crippen molar-refractivity contribution >= 4 is 34.1 Å². The zero-order valence-electron chi connectivity index (χ0n) is 14.5. The molecule has 0 unspecified atom stereocenters. The van der Waals surface area contributed by atoms with Gasteiger partial charge in [0.05, 0.1) is 18.0 Å². The molecule has 0 bridgehead atoms. The van der Waals surface area contributed by atoms with Gasteiger partial charge < -0.3 is 20.2 Å². The SMILES string of the molecule is Nc1nc2cc(-c3ccc4ncc(N5CCC(O)CC5)nc4n3)ccc2o1. The number of aliphatic hydroxyl groups excluding tert-OH is 1. The number of rotatable bonds is 2. The Hall–Kier alpha value is -3.26. The van der Waals surface area contributed by atoms with Crippen molar-refractivity contribution < 1.29 is 9.52 Å². The molecule has 3 N–H and O–H groups in total. The lowest BCUT2D eigenvalue weighted by Gasteiger charge is -2.30. The average Bonchev–Trinajstić information content (AvgIpc) is 3.07. The Labute approximate surface area is 154 Å². The van der Waals surface area contributed by atoms with E-state index < -0.39 is 0 Å². The zero-order chi connectivity index (χ0) is 18.4. The third kappa shape index (κ3) is 2.93. The molecule has 3 aromatic heterocycles. The lowest BCUT2D eigenvalue weighted by atomic mass is 10.1. The zero-order valence-corrected chi connectivity index (χ0v) is 14.5. The molecule has 5 rings (SSSR count). The minimum Gasteiger partial charge on any atom is -0.424 e. The van der Waals surface area contributed by atoms with Crippen molar-refractivity contribution in [2.24, 2.45) is 0 Å². The Balaban J connectivity index is 1.52. The van der Waals surface area contributed by atoms with Crippen molar-refractivity contribution in [1.29, 1.82) is 0 Å². The fraction of sp³-hybridized carbons (Fsp3) is 0.263. The van der Waals surface area contributed by atoms with E-state index in [0.717, 1.165) is 48.5 Å². The summed E-state index contributed by atoms with van der Waals surface area (Å²) in [6.45, 7) is 1.54. The molecule has 4 heterocycles. The molecule has 4 aromatic rings. The Morgan fingerprint density at radius 3 is 2.74 bits per heavy atom. The topological polar surface area (TPSA) is 114 Å². The standard InChI is InChI=1S/C19H18N6O2/c20-19-23-15-9-11(1-4-16(15)27-19)13-2-3-14-18(22-13)24-17(10-21-14)25-7-5-12(26)6-8-25/h1-4,9-10,12,26H,5-8H2,(H2,20,23). The summed E-state index contributed by atoms with van der Waals surface area (Å²) in [5.41, 5.74) is 9.98. The van der Waals surface area contributed by atoms with E-state index in [4.69, 9.17) is 20.1 Å². The van der Waals surface area contributed by atoms with Crippen molar-refractivity contribution in [3.05, 3.63) is 36.5 Å². The van der Waals surface area contributed by atoms with Crippen molar-refractivity contribution in [2.45, 2.75) is 18.9 Å². The Morgan fingerprint density at radius 1 is 1.04 bits per heavy atom. The monoisotopic (exact) mass is 362 g/mol. The maximum absolute atomic E-state index is 9.69. The Bertz CT molecular complexity index is 1130. The summed E-state index contributed by atoms with van der Waals surface area (Å²) >= 11 is 0. The van der Waals surface area contributed by atoms with Crippen LogP contribution in [0.1, 0.15) is 12.8 Å². The van der Waals surface area contributed by atoms with Crippen LogP contribution in [0.5, 0.6) is 0 Å². The summed E-state index contributed by atoms with van der Waals surface area (Å²) in [6, 6.07) is 9.63. The van der Waals surface area contributed by atoms with Crippen LogP contribution in [-0.2, 0) is 0 Å². The van der Waals surface area contributed by atoms with E-state index >= 15 is 0 Å².